The van der Waals surface area contributed by atoms with Crippen LogP contribution in [0, 0.1) is 17.8 Å². The molecule has 0 aromatic carbocycles. The van der Waals surface area contributed by atoms with Crippen LogP contribution in [0.1, 0.15) is 49.0 Å². The van der Waals surface area contributed by atoms with Crippen molar-refractivity contribution in [2.24, 2.45) is 17.8 Å². The lowest BCUT2D eigenvalue weighted by Crippen LogP contribution is -2.59. The minimum absolute atomic E-state index is 0.0275. The molecule has 5 nitrogen and oxygen atoms in total. The first-order valence-corrected chi connectivity index (χ1v) is 9.64. The maximum Gasteiger partial charge on any atom is 0.268 e. The van der Waals surface area contributed by atoms with Gasteiger partial charge in [-0.15, -0.1) is 0 Å². The molecule has 136 valence electrons. The Morgan fingerprint density at radius 1 is 1.15 bits per heavy atom. The summed E-state index contributed by atoms with van der Waals surface area (Å²) in [5.74, 6) is 3.09. The molecule has 1 amide bonds. The normalized spacial score (nSPS) is 31.8. The molecule has 4 saturated carbocycles. The van der Waals surface area contributed by atoms with E-state index in [0.717, 1.165) is 28.9 Å². The van der Waals surface area contributed by atoms with E-state index in [2.05, 4.69) is 15.3 Å². The van der Waals surface area contributed by atoms with Crippen LogP contribution in [-0.4, -0.2) is 28.5 Å². The number of pyridine rings is 1. The number of ether oxygens (including phenoxy) is 1. The van der Waals surface area contributed by atoms with E-state index < -0.39 is 0 Å². The number of hydrogen-bond donors (Lipinski definition) is 2. The van der Waals surface area contributed by atoms with Gasteiger partial charge in [-0.25, -0.2) is 4.98 Å². The van der Waals surface area contributed by atoms with Crippen molar-refractivity contribution in [2.45, 2.75) is 44.1 Å². The Hall–Kier alpha value is -2.30. The van der Waals surface area contributed by atoms with E-state index in [1.54, 1.807) is 13.3 Å². The molecule has 0 radical (unpaired) electrons. The zero-order valence-electron chi connectivity index (χ0n) is 15.1. The van der Waals surface area contributed by atoms with Gasteiger partial charge in [0.15, 0.2) is 0 Å². The summed E-state index contributed by atoms with van der Waals surface area (Å²) in [5.41, 5.74) is 2.61. The van der Waals surface area contributed by atoms with Gasteiger partial charge in [-0.3, -0.25) is 4.79 Å². The van der Waals surface area contributed by atoms with Crippen LogP contribution in [-0.2, 0) is 0 Å². The highest BCUT2D eigenvalue weighted by atomic mass is 16.5. The van der Waals surface area contributed by atoms with E-state index in [1.165, 1.54) is 38.5 Å². The van der Waals surface area contributed by atoms with E-state index in [4.69, 9.17) is 4.74 Å². The molecule has 6 rings (SSSR count). The van der Waals surface area contributed by atoms with Gasteiger partial charge in [0.05, 0.1) is 7.11 Å². The first-order valence-electron chi connectivity index (χ1n) is 9.64. The van der Waals surface area contributed by atoms with Crippen LogP contribution in [0.2, 0.25) is 0 Å². The molecule has 2 N–H and O–H groups in total. The van der Waals surface area contributed by atoms with Gasteiger partial charge in [-0.2, -0.15) is 0 Å². The number of nitrogens with zero attached hydrogens (tertiary/aromatic N) is 1. The summed E-state index contributed by atoms with van der Waals surface area (Å²) in [4.78, 5) is 20.3. The second-order valence-electron chi connectivity index (χ2n) is 8.54. The minimum Gasteiger partial charge on any atom is -0.481 e. The van der Waals surface area contributed by atoms with E-state index >= 15 is 0 Å². The number of aromatic amines is 1. The van der Waals surface area contributed by atoms with E-state index in [-0.39, 0.29) is 11.4 Å². The van der Waals surface area contributed by atoms with Crippen molar-refractivity contribution >= 4 is 5.91 Å². The predicted molar refractivity (Wildman–Crippen MR) is 98.9 cm³/mol. The average molecular weight is 351 g/mol. The summed E-state index contributed by atoms with van der Waals surface area (Å²) in [6.07, 6.45) is 11.3. The predicted octanol–water partition coefficient (Wildman–Crippen LogP) is 3.78. The van der Waals surface area contributed by atoms with Crippen LogP contribution >= 0.6 is 0 Å². The highest BCUT2D eigenvalue weighted by molar-refractivity contribution is 5.94. The first-order chi connectivity index (χ1) is 12.6. The van der Waals surface area contributed by atoms with Gasteiger partial charge in [-0.1, -0.05) is 0 Å². The summed E-state index contributed by atoms with van der Waals surface area (Å²) < 4.78 is 5.10. The molecule has 0 aliphatic heterocycles. The lowest BCUT2D eigenvalue weighted by molar-refractivity contribution is -0.0167. The Morgan fingerprint density at radius 3 is 2.42 bits per heavy atom. The third-order valence-corrected chi connectivity index (χ3v) is 6.62. The molecule has 5 heteroatoms. The third-order valence-electron chi connectivity index (χ3n) is 6.62. The smallest absolute Gasteiger partial charge is 0.268 e. The average Bonchev–Trinajstić information content (AvgIpc) is 3.10. The summed E-state index contributed by atoms with van der Waals surface area (Å²) in [5, 5.41) is 3.42. The molecule has 0 atom stereocenters. The molecule has 0 saturated heterocycles. The van der Waals surface area contributed by atoms with E-state index in [9.17, 15) is 4.79 Å². The fraction of sp³-hybridized carbons (Fsp3) is 0.524. The fourth-order valence-electron chi connectivity index (χ4n) is 5.94. The number of amides is 1. The van der Waals surface area contributed by atoms with Crippen LogP contribution in [0.3, 0.4) is 0 Å². The van der Waals surface area contributed by atoms with E-state index in [0.29, 0.717) is 11.6 Å². The number of nitrogens with one attached hydrogen (secondary N) is 2. The van der Waals surface area contributed by atoms with Gasteiger partial charge in [0.2, 0.25) is 5.88 Å². The van der Waals surface area contributed by atoms with Crippen LogP contribution in [0.25, 0.3) is 11.1 Å². The lowest BCUT2D eigenvalue weighted by atomic mass is 9.53. The van der Waals surface area contributed by atoms with Crippen molar-refractivity contribution in [1.82, 2.24) is 15.3 Å². The first kappa shape index (κ1) is 15.9. The molecule has 2 heterocycles. The minimum atomic E-state index is 0.0275. The van der Waals surface area contributed by atoms with Gasteiger partial charge in [0, 0.05) is 35.1 Å². The number of H-pyrrole nitrogens is 1. The number of carbonyl (C=O) groups is 1. The topological polar surface area (TPSA) is 67.0 Å². The molecule has 4 aliphatic rings. The molecule has 26 heavy (non-hydrogen) atoms. The van der Waals surface area contributed by atoms with Gasteiger partial charge < -0.3 is 15.0 Å². The molecule has 4 aliphatic carbocycles. The number of rotatable bonds is 4. The van der Waals surface area contributed by atoms with E-state index in [1.807, 2.05) is 24.4 Å². The van der Waals surface area contributed by atoms with Crippen molar-refractivity contribution in [1.29, 1.82) is 0 Å². The third kappa shape index (κ3) is 2.70. The highest BCUT2D eigenvalue weighted by Gasteiger charge is 2.51. The maximum absolute atomic E-state index is 12.9. The van der Waals surface area contributed by atoms with Crippen molar-refractivity contribution in [3.8, 4) is 17.0 Å². The van der Waals surface area contributed by atoms with Crippen molar-refractivity contribution in [2.75, 3.05) is 7.11 Å². The molecule has 2 aromatic rings. The Bertz CT molecular complexity index is 789. The van der Waals surface area contributed by atoms with Crippen LogP contribution in [0.4, 0.5) is 0 Å². The van der Waals surface area contributed by atoms with Crippen molar-refractivity contribution < 1.29 is 9.53 Å². The number of hydrogen-bond acceptors (Lipinski definition) is 3. The van der Waals surface area contributed by atoms with Gasteiger partial charge >= 0.3 is 0 Å². The van der Waals surface area contributed by atoms with Crippen molar-refractivity contribution in [3.63, 3.8) is 0 Å². The fourth-order valence-corrected chi connectivity index (χ4v) is 5.94. The molecule has 4 fully saturated rings. The molecule has 2 aromatic heterocycles. The van der Waals surface area contributed by atoms with Crippen LogP contribution < -0.4 is 10.1 Å². The Balaban J connectivity index is 1.33. The summed E-state index contributed by atoms with van der Waals surface area (Å²) in [6, 6.07) is 5.70. The standard InChI is InChI=1S/C21H25N3O2/c1-26-19-3-2-16(11-23-19)17-7-18(22-12-17)20(25)24-21-8-13-4-14(9-21)6-15(5-13)10-21/h2-3,7,11-15,22H,4-6,8-10H2,1H3,(H,24,25). The molecule has 0 unspecified atom stereocenters. The highest BCUT2D eigenvalue weighted by Crippen LogP contribution is 2.55. The van der Waals surface area contributed by atoms with Gasteiger partial charge in [-0.05, 0) is 68.4 Å². The Labute approximate surface area is 153 Å². The Morgan fingerprint density at radius 2 is 1.85 bits per heavy atom. The summed E-state index contributed by atoms with van der Waals surface area (Å²) in [6.45, 7) is 0. The molecular weight excluding hydrogens is 326 g/mol. The number of carbonyl (C=O) groups excluding carboxylic acids is 1. The SMILES string of the molecule is COc1ccc(-c2c[nH]c(C(=O)NC34CC5CC(CC(C5)C3)C4)c2)cn1. The zero-order chi connectivity index (χ0) is 17.7. The number of aromatic nitrogens is 2. The van der Waals surface area contributed by atoms with Crippen LogP contribution in [0.15, 0.2) is 30.6 Å². The van der Waals surface area contributed by atoms with Crippen LogP contribution in [0.5, 0.6) is 5.88 Å². The second kappa shape index (κ2) is 5.86. The summed E-state index contributed by atoms with van der Waals surface area (Å²) >= 11 is 0. The molecular formula is C21H25N3O2. The van der Waals surface area contributed by atoms with Gasteiger partial charge in [0.1, 0.15) is 5.69 Å². The maximum atomic E-state index is 12.9. The molecule has 0 spiro atoms. The van der Waals surface area contributed by atoms with Gasteiger partial charge in [0.25, 0.3) is 5.91 Å². The summed E-state index contributed by atoms with van der Waals surface area (Å²) in [7, 11) is 1.60. The second-order valence-corrected chi connectivity index (χ2v) is 8.54. The Kier molecular flexibility index (Phi) is 3.59. The number of methoxy groups -OCH3 is 1. The zero-order valence-corrected chi connectivity index (χ0v) is 15.1. The monoisotopic (exact) mass is 351 g/mol. The quantitative estimate of drug-likeness (QED) is 0.881. The lowest BCUT2D eigenvalue weighted by Gasteiger charge is -2.56. The largest absolute Gasteiger partial charge is 0.481 e. The molecule has 4 bridgehead atoms. The van der Waals surface area contributed by atoms with Crippen molar-refractivity contribution in [3.05, 3.63) is 36.3 Å².